The molecule has 0 spiro atoms. The van der Waals surface area contributed by atoms with Gasteiger partial charge in [0, 0.05) is 11.4 Å². The Morgan fingerprint density at radius 2 is 2.00 bits per heavy atom. The third-order valence-corrected chi connectivity index (χ3v) is 6.83. The van der Waals surface area contributed by atoms with Crippen LogP contribution in [0, 0.1) is 0 Å². The lowest BCUT2D eigenvalue weighted by molar-refractivity contribution is -0.138. The molecule has 0 saturated heterocycles. The number of carbonyl (C=O) groups excluding carboxylic acids is 1. The number of hydrogen-bond donors (Lipinski definition) is 0. The summed E-state index contributed by atoms with van der Waals surface area (Å²) in [5.74, 6) is 1.08. The molecular formula is C20H21NO2S2. The average molecular weight is 372 g/mol. The summed E-state index contributed by atoms with van der Waals surface area (Å²) in [4.78, 5) is 16.9. The summed E-state index contributed by atoms with van der Waals surface area (Å²) < 4.78 is 5.53. The fraction of sp³-hybridized carbons (Fsp3) is 0.350. The first-order valence-corrected chi connectivity index (χ1v) is 10.5. The van der Waals surface area contributed by atoms with Crippen LogP contribution in [-0.4, -0.2) is 10.8 Å². The Morgan fingerprint density at radius 3 is 2.64 bits per heavy atom. The predicted molar refractivity (Wildman–Crippen MR) is 102 cm³/mol. The van der Waals surface area contributed by atoms with Crippen LogP contribution in [0.3, 0.4) is 0 Å². The monoisotopic (exact) mass is 371 g/mol. The summed E-state index contributed by atoms with van der Waals surface area (Å²) >= 11 is 3.38. The van der Waals surface area contributed by atoms with Gasteiger partial charge in [0.05, 0.1) is 18.2 Å². The van der Waals surface area contributed by atoms with E-state index in [1.54, 1.807) is 28.9 Å². The fourth-order valence-corrected chi connectivity index (χ4v) is 5.43. The molecule has 0 unspecified atom stereocenters. The molecule has 3 heterocycles. The maximum absolute atomic E-state index is 13.7. The normalized spacial score (nSPS) is 16.2. The van der Waals surface area contributed by atoms with Crippen molar-refractivity contribution >= 4 is 28.6 Å². The van der Waals surface area contributed by atoms with Crippen LogP contribution in [-0.2, 0) is 23.3 Å². The highest BCUT2D eigenvalue weighted by Crippen LogP contribution is 2.45. The van der Waals surface area contributed by atoms with Crippen molar-refractivity contribution in [3.63, 3.8) is 0 Å². The summed E-state index contributed by atoms with van der Waals surface area (Å²) in [6.45, 7) is 1.16. The minimum atomic E-state index is -0.350. The lowest BCUT2D eigenvalue weighted by Crippen LogP contribution is -2.44. The highest BCUT2D eigenvalue weighted by atomic mass is 32.1. The van der Waals surface area contributed by atoms with E-state index >= 15 is 0 Å². The van der Waals surface area contributed by atoms with Gasteiger partial charge in [-0.3, -0.25) is 4.79 Å². The third-order valence-electron chi connectivity index (χ3n) is 5.03. The van der Waals surface area contributed by atoms with E-state index in [0.29, 0.717) is 13.1 Å². The van der Waals surface area contributed by atoms with Gasteiger partial charge in [-0.2, -0.15) is 11.3 Å². The Morgan fingerprint density at radius 1 is 1.12 bits per heavy atom. The minimum absolute atomic E-state index is 0.245. The number of carbonyl (C=O) groups is 1. The molecule has 25 heavy (non-hydrogen) atoms. The maximum atomic E-state index is 13.7. The molecular weight excluding hydrogens is 350 g/mol. The van der Waals surface area contributed by atoms with Gasteiger partial charge in [-0.25, -0.2) is 0 Å². The summed E-state index contributed by atoms with van der Waals surface area (Å²) in [5.41, 5.74) is 0.834. The second-order valence-electron chi connectivity index (χ2n) is 6.64. The molecule has 0 aliphatic heterocycles. The van der Waals surface area contributed by atoms with Crippen LogP contribution in [0.1, 0.15) is 41.9 Å². The molecule has 3 nitrogen and oxygen atoms in total. The molecule has 1 amide bonds. The maximum Gasteiger partial charge on any atom is 0.234 e. The highest BCUT2D eigenvalue weighted by molar-refractivity contribution is 7.10. The zero-order chi connectivity index (χ0) is 17.1. The molecule has 0 radical (unpaired) electrons. The third kappa shape index (κ3) is 3.31. The first-order valence-electron chi connectivity index (χ1n) is 8.65. The second kappa shape index (κ2) is 7.18. The van der Waals surface area contributed by atoms with Gasteiger partial charge < -0.3 is 9.32 Å². The summed E-state index contributed by atoms with van der Waals surface area (Å²) in [6.07, 6.45) is 5.82. The topological polar surface area (TPSA) is 33.5 Å². The number of nitrogens with zero attached hydrogens (tertiary/aromatic N) is 1. The van der Waals surface area contributed by atoms with Crippen molar-refractivity contribution in [1.29, 1.82) is 0 Å². The molecule has 0 aromatic carbocycles. The van der Waals surface area contributed by atoms with Crippen LogP contribution < -0.4 is 0 Å². The molecule has 3 aromatic rings. The number of rotatable bonds is 6. The van der Waals surface area contributed by atoms with Gasteiger partial charge in [0.2, 0.25) is 5.91 Å². The van der Waals surface area contributed by atoms with E-state index in [2.05, 4.69) is 34.3 Å². The number of amides is 1. The van der Waals surface area contributed by atoms with Crippen molar-refractivity contribution in [1.82, 2.24) is 4.90 Å². The Balaban J connectivity index is 1.65. The summed E-state index contributed by atoms with van der Waals surface area (Å²) in [7, 11) is 0. The molecule has 1 fully saturated rings. The molecule has 1 saturated carbocycles. The predicted octanol–water partition coefficient (Wildman–Crippen LogP) is 5.44. The average Bonchev–Trinajstić information content (AvgIpc) is 3.42. The largest absolute Gasteiger partial charge is 0.467 e. The van der Waals surface area contributed by atoms with Crippen LogP contribution in [0.15, 0.2) is 57.2 Å². The molecule has 0 atom stereocenters. The van der Waals surface area contributed by atoms with E-state index in [1.165, 1.54) is 10.4 Å². The number of furan rings is 1. The van der Waals surface area contributed by atoms with E-state index in [9.17, 15) is 4.79 Å². The van der Waals surface area contributed by atoms with Gasteiger partial charge in [-0.1, -0.05) is 18.9 Å². The first kappa shape index (κ1) is 16.6. The van der Waals surface area contributed by atoms with Gasteiger partial charge >= 0.3 is 0 Å². The standard InChI is InChI=1S/C20H21NO2S2/c22-19(20(8-1-2-9-20)18-6-4-11-25-18)21(13-16-7-12-24-15-16)14-17-5-3-10-23-17/h3-7,10-12,15H,1-2,8-9,13-14H2. The van der Waals surface area contributed by atoms with Crippen LogP contribution >= 0.6 is 22.7 Å². The van der Waals surface area contributed by atoms with Gasteiger partial charge in [-0.05, 0) is 58.8 Å². The van der Waals surface area contributed by atoms with Crippen LogP contribution in [0.25, 0.3) is 0 Å². The highest BCUT2D eigenvalue weighted by Gasteiger charge is 2.45. The van der Waals surface area contributed by atoms with Crippen molar-refractivity contribution in [2.24, 2.45) is 0 Å². The Hall–Kier alpha value is -1.85. The molecule has 130 valence electrons. The second-order valence-corrected chi connectivity index (χ2v) is 8.37. The van der Waals surface area contributed by atoms with Gasteiger partial charge in [0.25, 0.3) is 0 Å². The molecule has 3 aromatic heterocycles. The summed E-state index contributed by atoms with van der Waals surface area (Å²) in [5, 5.41) is 6.27. The lowest BCUT2D eigenvalue weighted by atomic mass is 9.82. The van der Waals surface area contributed by atoms with Crippen molar-refractivity contribution in [2.75, 3.05) is 0 Å². The Kier molecular flexibility index (Phi) is 4.77. The van der Waals surface area contributed by atoms with Gasteiger partial charge in [-0.15, -0.1) is 11.3 Å². The van der Waals surface area contributed by atoms with E-state index in [0.717, 1.165) is 31.4 Å². The number of thiophene rings is 2. The SMILES string of the molecule is O=C(N(Cc1ccsc1)Cc1ccco1)C1(c2cccs2)CCCC1. The smallest absolute Gasteiger partial charge is 0.234 e. The molecule has 0 bridgehead atoms. The van der Waals surface area contributed by atoms with E-state index in [1.807, 2.05) is 17.0 Å². The van der Waals surface area contributed by atoms with Crippen LogP contribution in [0.4, 0.5) is 0 Å². The van der Waals surface area contributed by atoms with Crippen LogP contribution in [0.5, 0.6) is 0 Å². The zero-order valence-corrected chi connectivity index (χ0v) is 15.7. The molecule has 4 rings (SSSR count). The molecule has 0 N–H and O–H groups in total. The summed E-state index contributed by atoms with van der Waals surface area (Å²) in [6, 6.07) is 10.1. The molecule has 1 aliphatic rings. The van der Waals surface area contributed by atoms with E-state index in [-0.39, 0.29) is 11.3 Å². The van der Waals surface area contributed by atoms with E-state index < -0.39 is 0 Å². The van der Waals surface area contributed by atoms with Crippen molar-refractivity contribution in [2.45, 2.75) is 44.2 Å². The lowest BCUT2D eigenvalue weighted by Gasteiger charge is -2.33. The first-order chi connectivity index (χ1) is 12.3. The number of hydrogen-bond acceptors (Lipinski definition) is 4. The van der Waals surface area contributed by atoms with Crippen molar-refractivity contribution in [3.05, 3.63) is 68.9 Å². The molecule has 1 aliphatic carbocycles. The van der Waals surface area contributed by atoms with Crippen molar-refractivity contribution < 1.29 is 9.21 Å². The van der Waals surface area contributed by atoms with Gasteiger partial charge in [0.15, 0.2) is 0 Å². The Labute approximate surface area is 155 Å². The minimum Gasteiger partial charge on any atom is -0.467 e. The van der Waals surface area contributed by atoms with Gasteiger partial charge in [0.1, 0.15) is 5.76 Å². The Bertz CT molecular complexity index is 749. The van der Waals surface area contributed by atoms with Crippen LogP contribution in [0.2, 0.25) is 0 Å². The zero-order valence-electron chi connectivity index (χ0n) is 14.0. The van der Waals surface area contributed by atoms with E-state index in [4.69, 9.17) is 4.42 Å². The molecule has 5 heteroatoms. The fourth-order valence-electron chi connectivity index (χ4n) is 3.79. The van der Waals surface area contributed by atoms with Crippen molar-refractivity contribution in [3.8, 4) is 0 Å². The quantitative estimate of drug-likeness (QED) is 0.578.